The van der Waals surface area contributed by atoms with Crippen LogP contribution in [-0.4, -0.2) is 23.6 Å². The molecule has 0 radical (unpaired) electrons. The highest BCUT2D eigenvalue weighted by Gasteiger charge is 2.24. The Balaban J connectivity index is 0.000000121. The minimum atomic E-state index is -0.659. The number of benzene rings is 10. The zero-order valence-electron chi connectivity index (χ0n) is 32.8. The molecule has 0 atom stereocenters. The van der Waals surface area contributed by atoms with Crippen LogP contribution >= 0.6 is 22.7 Å². The zero-order valence-corrected chi connectivity index (χ0v) is 34.4. The lowest BCUT2D eigenvalue weighted by atomic mass is 9.85. The van der Waals surface area contributed by atoms with Crippen molar-refractivity contribution < 1.29 is 19.2 Å². The Morgan fingerprint density at radius 2 is 0.645 bits per heavy atom. The number of rotatable bonds is 5. The van der Waals surface area contributed by atoms with Crippen molar-refractivity contribution >= 4 is 132 Å². The highest BCUT2D eigenvalue weighted by molar-refractivity contribution is 7.20. The van der Waals surface area contributed by atoms with Crippen molar-refractivity contribution in [1.29, 1.82) is 0 Å². The molecule has 0 saturated heterocycles. The molecular formula is C52H34N4O4S2. The van der Waals surface area contributed by atoms with Crippen molar-refractivity contribution in [2.45, 2.75) is 0 Å². The molecule has 2 aromatic heterocycles. The molecule has 0 saturated carbocycles. The van der Waals surface area contributed by atoms with Gasteiger partial charge in [0.25, 0.3) is 0 Å². The summed E-state index contributed by atoms with van der Waals surface area (Å²) in [6.45, 7) is 0. The second-order valence-corrected chi connectivity index (χ2v) is 16.9. The molecule has 8 nitrogen and oxygen atoms in total. The molecule has 0 fully saturated rings. The lowest BCUT2D eigenvalue weighted by Gasteiger charge is -2.17. The molecule has 0 spiro atoms. The van der Waals surface area contributed by atoms with E-state index in [-0.39, 0.29) is 22.3 Å². The fourth-order valence-electron chi connectivity index (χ4n) is 9.19. The number of primary amides is 4. The summed E-state index contributed by atoms with van der Waals surface area (Å²) < 4.78 is 0. The molecule has 8 N–H and O–H groups in total. The fourth-order valence-corrected chi connectivity index (χ4v) is 10.8. The van der Waals surface area contributed by atoms with Crippen LogP contribution < -0.4 is 22.9 Å². The summed E-state index contributed by atoms with van der Waals surface area (Å²) in [4.78, 5) is 51.5. The highest BCUT2D eigenvalue weighted by Crippen LogP contribution is 2.44. The van der Waals surface area contributed by atoms with Crippen LogP contribution in [0.15, 0.2) is 156 Å². The highest BCUT2D eigenvalue weighted by atomic mass is 32.1. The normalized spacial score (nSPS) is 11.4. The topological polar surface area (TPSA) is 172 Å². The van der Waals surface area contributed by atoms with Crippen LogP contribution in [0.4, 0.5) is 0 Å². The summed E-state index contributed by atoms with van der Waals surface area (Å²) in [6.07, 6.45) is 0. The lowest BCUT2D eigenvalue weighted by Crippen LogP contribution is -2.21. The monoisotopic (exact) mass is 842 g/mol. The fraction of sp³-hybridized carbons (Fsp3) is 0. The number of nitrogens with two attached hydrogens (primary N) is 4. The van der Waals surface area contributed by atoms with E-state index in [0.29, 0.717) is 10.8 Å². The summed E-state index contributed by atoms with van der Waals surface area (Å²) in [6, 6.07) is 47.8. The van der Waals surface area contributed by atoms with Gasteiger partial charge in [-0.3, -0.25) is 19.2 Å². The van der Waals surface area contributed by atoms with Crippen LogP contribution in [0.3, 0.4) is 0 Å². The van der Waals surface area contributed by atoms with Crippen molar-refractivity contribution in [1.82, 2.24) is 0 Å². The zero-order chi connectivity index (χ0) is 42.8. The predicted octanol–water partition coefficient (Wildman–Crippen LogP) is 11.3. The number of amides is 4. The summed E-state index contributed by atoms with van der Waals surface area (Å²) in [7, 11) is 0. The Labute approximate surface area is 361 Å². The summed E-state index contributed by atoms with van der Waals surface area (Å²) in [5.74, 6) is -2.62. The van der Waals surface area contributed by atoms with Crippen LogP contribution in [-0.2, 0) is 0 Å². The predicted molar refractivity (Wildman–Crippen MR) is 257 cm³/mol. The molecule has 10 heteroatoms. The van der Waals surface area contributed by atoms with Gasteiger partial charge in [0.2, 0.25) is 23.6 Å². The van der Waals surface area contributed by atoms with Gasteiger partial charge in [-0.25, -0.2) is 0 Å². The second-order valence-electron chi connectivity index (χ2n) is 15.0. The lowest BCUT2D eigenvalue weighted by molar-refractivity contribution is 0.0968. The number of hydrogen-bond donors (Lipinski definition) is 4. The van der Waals surface area contributed by atoms with E-state index in [1.165, 1.54) is 9.75 Å². The van der Waals surface area contributed by atoms with Crippen LogP contribution in [0.2, 0.25) is 0 Å². The average molecular weight is 843 g/mol. The van der Waals surface area contributed by atoms with Gasteiger partial charge in [0, 0.05) is 20.5 Å². The van der Waals surface area contributed by atoms with Gasteiger partial charge in [-0.05, 0) is 110 Å². The van der Waals surface area contributed by atoms with Crippen molar-refractivity contribution in [2.75, 3.05) is 0 Å². The Hall–Kier alpha value is -7.92. The van der Waals surface area contributed by atoms with E-state index in [9.17, 15) is 19.2 Å². The molecule has 0 aliphatic carbocycles. The van der Waals surface area contributed by atoms with Gasteiger partial charge in [-0.1, -0.05) is 121 Å². The van der Waals surface area contributed by atoms with E-state index >= 15 is 0 Å². The maximum Gasteiger partial charge on any atom is 0.250 e. The molecule has 12 aromatic rings. The molecule has 298 valence electrons. The molecule has 12 rings (SSSR count). The maximum atomic E-state index is 12.3. The number of carbonyl (C=O) groups excluding carboxylic acids is 4. The van der Waals surface area contributed by atoms with Crippen LogP contribution in [0.5, 0.6) is 0 Å². The van der Waals surface area contributed by atoms with Crippen LogP contribution in [0.1, 0.15) is 41.4 Å². The molecule has 2 heterocycles. The van der Waals surface area contributed by atoms with Crippen molar-refractivity contribution in [3.63, 3.8) is 0 Å². The molecule has 62 heavy (non-hydrogen) atoms. The van der Waals surface area contributed by atoms with E-state index in [4.69, 9.17) is 22.9 Å². The summed E-state index contributed by atoms with van der Waals surface area (Å²) in [5.41, 5.74) is 23.2. The summed E-state index contributed by atoms with van der Waals surface area (Å²) >= 11 is 3.58. The first-order valence-electron chi connectivity index (χ1n) is 19.6. The van der Waals surface area contributed by atoms with Gasteiger partial charge in [0.05, 0.1) is 22.3 Å². The summed E-state index contributed by atoms with van der Waals surface area (Å²) in [5, 5.41) is 19.5. The molecule has 4 amide bonds. The number of fused-ring (bicyclic) bond motifs is 4. The average Bonchev–Trinajstić information content (AvgIpc) is 4.03. The quantitative estimate of drug-likeness (QED) is 0.0998. The van der Waals surface area contributed by atoms with Crippen LogP contribution in [0, 0.1) is 0 Å². The van der Waals surface area contributed by atoms with E-state index in [1.807, 2.05) is 97.1 Å². The minimum Gasteiger partial charge on any atom is -0.366 e. The van der Waals surface area contributed by atoms with Gasteiger partial charge in [-0.2, -0.15) is 0 Å². The Morgan fingerprint density at radius 3 is 0.952 bits per heavy atom. The Morgan fingerprint density at radius 1 is 0.323 bits per heavy atom. The van der Waals surface area contributed by atoms with E-state index in [1.54, 1.807) is 34.8 Å². The number of carbonyl (C=O) groups is 4. The van der Waals surface area contributed by atoms with Crippen molar-refractivity contribution in [3.8, 4) is 9.75 Å². The standard InChI is InChI=1S/2C22H14N2O2.C8H6S2/c2*23-21(25)16-10-12-6-3-8-14-13-7-1-4-11-5-2-9-15(17(11)13)19(18(12)14)20(16)22(24)26;1-3-7(9-5-1)8-4-2-6-10-8/h2*1-10H,(H2,23,25)(H2,24,26);1-6H. The largest absolute Gasteiger partial charge is 0.366 e. The van der Waals surface area contributed by atoms with E-state index in [0.717, 1.165) is 75.4 Å². The SMILES string of the molecule is NC(=O)c1cc2cccc3c4cccc5cccc(c(c1C(N)=O)c23)c54.NC(=O)c1cc2cccc3c4cccc5cccc(c(c1C(N)=O)c23)c54.c1csc(-c2cccs2)c1. The van der Waals surface area contributed by atoms with Gasteiger partial charge in [-0.15, -0.1) is 22.7 Å². The second kappa shape index (κ2) is 15.0. The molecule has 0 aliphatic heterocycles. The first-order chi connectivity index (χ1) is 30.1. The smallest absolute Gasteiger partial charge is 0.250 e. The third kappa shape index (κ3) is 6.03. The first kappa shape index (κ1) is 38.3. The maximum absolute atomic E-state index is 12.3. The number of hydrogen-bond acceptors (Lipinski definition) is 6. The minimum absolute atomic E-state index is 0.161. The molecule has 0 aliphatic rings. The molecular weight excluding hydrogens is 809 g/mol. The van der Waals surface area contributed by atoms with Crippen molar-refractivity contribution in [3.05, 3.63) is 179 Å². The Kier molecular flexibility index (Phi) is 9.24. The van der Waals surface area contributed by atoms with Crippen LogP contribution in [0.25, 0.3) is 95.9 Å². The number of thiophene rings is 2. The van der Waals surface area contributed by atoms with E-state index < -0.39 is 23.6 Å². The van der Waals surface area contributed by atoms with E-state index in [2.05, 4.69) is 47.2 Å². The van der Waals surface area contributed by atoms with Gasteiger partial charge >= 0.3 is 0 Å². The Bertz CT molecular complexity index is 3510. The third-order valence-corrected chi connectivity index (χ3v) is 13.5. The molecule has 0 bridgehead atoms. The van der Waals surface area contributed by atoms with Gasteiger partial charge in [0.1, 0.15) is 0 Å². The van der Waals surface area contributed by atoms with Gasteiger partial charge < -0.3 is 22.9 Å². The molecule has 0 unspecified atom stereocenters. The first-order valence-corrected chi connectivity index (χ1v) is 21.4. The van der Waals surface area contributed by atoms with Gasteiger partial charge in [0.15, 0.2) is 0 Å². The third-order valence-electron chi connectivity index (χ3n) is 11.6. The van der Waals surface area contributed by atoms with Crippen molar-refractivity contribution in [2.24, 2.45) is 22.9 Å². The molecule has 10 aromatic carbocycles.